The van der Waals surface area contributed by atoms with Gasteiger partial charge in [0, 0.05) is 19.2 Å². The van der Waals surface area contributed by atoms with Crippen LogP contribution in [0.25, 0.3) is 0 Å². The minimum atomic E-state index is -4.05. The van der Waals surface area contributed by atoms with Gasteiger partial charge < -0.3 is 5.43 Å². The number of nitrogens with two attached hydrogens (primary N) is 1. The van der Waals surface area contributed by atoms with E-state index in [-0.39, 0.29) is 35.2 Å². The Bertz CT molecular complexity index is 791. The molecule has 1 aliphatic heterocycles. The van der Waals surface area contributed by atoms with E-state index in [2.05, 4.69) is 5.43 Å². The van der Waals surface area contributed by atoms with Gasteiger partial charge in [-0.1, -0.05) is 0 Å². The number of sulfonamides is 1. The zero-order valence-corrected chi connectivity index (χ0v) is 12.9. The van der Waals surface area contributed by atoms with Gasteiger partial charge in [-0.2, -0.15) is 0 Å². The topological polar surface area (TPSA) is 153 Å². The lowest BCUT2D eigenvalue weighted by Gasteiger charge is -2.27. The monoisotopic (exact) mass is 350 g/mol. The molecule has 2 rings (SSSR count). The average molecular weight is 350 g/mol. The van der Waals surface area contributed by atoms with Crippen molar-refractivity contribution in [3.63, 3.8) is 0 Å². The molecule has 1 aliphatic rings. The van der Waals surface area contributed by atoms with E-state index in [0.29, 0.717) is 0 Å². The molecule has 1 fully saturated rings. The van der Waals surface area contributed by atoms with E-state index in [1.165, 1.54) is 11.1 Å². The second-order valence-corrected chi connectivity index (χ2v) is 8.60. The molecule has 10 nitrogen and oxygen atoms in total. The van der Waals surface area contributed by atoms with E-state index >= 15 is 0 Å². The highest BCUT2D eigenvalue weighted by Gasteiger charge is 2.24. The molecule has 0 radical (unpaired) electrons. The van der Waals surface area contributed by atoms with Crippen molar-refractivity contribution < 1.29 is 21.8 Å². The standard InChI is InChI=1S/C10H14N4O6S2/c11-22(19,20)8-1-2-9(10(7-8)14(15)16)12-13-3-5-21(17,18)6-4-13/h1-2,7,12H,3-6H2,(H2,11,19,20). The largest absolute Gasteiger partial charge is 0.313 e. The van der Waals surface area contributed by atoms with Crippen LogP contribution in [0.3, 0.4) is 0 Å². The van der Waals surface area contributed by atoms with E-state index < -0.39 is 30.5 Å². The number of sulfone groups is 1. The second kappa shape index (κ2) is 5.79. The van der Waals surface area contributed by atoms with Crippen molar-refractivity contribution in [2.45, 2.75) is 4.90 Å². The van der Waals surface area contributed by atoms with Crippen LogP contribution >= 0.6 is 0 Å². The summed E-state index contributed by atoms with van der Waals surface area (Å²) in [5.41, 5.74) is 2.35. The number of anilines is 1. The lowest BCUT2D eigenvalue weighted by atomic mass is 10.3. The van der Waals surface area contributed by atoms with Gasteiger partial charge in [-0.15, -0.1) is 0 Å². The van der Waals surface area contributed by atoms with Gasteiger partial charge in [0.2, 0.25) is 10.0 Å². The fourth-order valence-corrected chi connectivity index (χ4v) is 3.66. The smallest absolute Gasteiger partial charge is 0.295 e. The van der Waals surface area contributed by atoms with Crippen molar-refractivity contribution in [3.8, 4) is 0 Å². The van der Waals surface area contributed by atoms with Gasteiger partial charge in [0.1, 0.15) is 5.69 Å². The summed E-state index contributed by atoms with van der Waals surface area (Å²) < 4.78 is 45.1. The number of nitrogens with one attached hydrogen (secondary N) is 1. The minimum Gasteiger partial charge on any atom is -0.313 e. The maximum atomic E-state index is 11.3. The molecule has 0 aliphatic carbocycles. The summed E-state index contributed by atoms with van der Waals surface area (Å²) in [4.78, 5) is 9.95. The van der Waals surface area contributed by atoms with E-state index in [9.17, 15) is 26.9 Å². The van der Waals surface area contributed by atoms with Gasteiger partial charge in [-0.25, -0.2) is 27.0 Å². The molecule has 0 amide bonds. The van der Waals surface area contributed by atoms with Crippen LogP contribution < -0.4 is 10.6 Å². The van der Waals surface area contributed by atoms with Gasteiger partial charge in [-0.05, 0) is 12.1 Å². The molecule has 22 heavy (non-hydrogen) atoms. The second-order valence-electron chi connectivity index (χ2n) is 4.73. The number of nitro groups is 1. The maximum absolute atomic E-state index is 11.3. The molecule has 1 saturated heterocycles. The van der Waals surface area contributed by atoms with Crippen LogP contribution in [0.4, 0.5) is 11.4 Å². The first-order valence-corrected chi connectivity index (χ1v) is 9.48. The van der Waals surface area contributed by atoms with Gasteiger partial charge >= 0.3 is 0 Å². The normalized spacial score (nSPS) is 18.8. The lowest BCUT2D eigenvalue weighted by Crippen LogP contribution is -2.43. The number of rotatable bonds is 4. The van der Waals surface area contributed by atoms with Gasteiger partial charge in [0.25, 0.3) is 5.69 Å². The third-order valence-corrected chi connectivity index (χ3v) is 5.64. The van der Waals surface area contributed by atoms with E-state index in [0.717, 1.165) is 12.1 Å². The average Bonchev–Trinajstić information content (AvgIpc) is 2.40. The summed E-state index contributed by atoms with van der Waals surface area (Å²) in [5, 5.41) is 17.5. The van der Waals surface area contributed by atoms with E-state index in [1.807, 2.05) is 0 Å². The summed E-state index contributed by atoms with van der Waals surface area (Å²) in [6, 6.07) is 3.23. The Morgan fingerprint density at radius 1 is 1.27 bits per heavy atom. The van der Waals surface area contributed by atoms with Crippen LogP contribution in [-0.4, -0.2) is 51.4 Å². The SMILES string of the molecule is NS(=O)(=O)c1ccc(NN2CCS(=O)(=O)CC2)c([N+](=O)[O-])c1. The highest BCUT2D eigenvalue weighted by atomic mass is 32.2. The Kier molecular flexibility index (Phi) is 4.37. The number of hydrazine groups is 1. The molecule has 0 unspecified atom stereocenters. The van der Waals surface area contributed by atoms with Crippen molar-refractivity contribution in [1.82, 2.24) is 5.01 Å². The quantitative estimate of drug-likeness (QED) is 0.534. The first kappa shape index (κ1) is 16.6. The summed E-state index contributed by atoms with van der Waals surface area (Å²) in [5.74, 6) is -0.105. The fraction of sp³-hybridized carbons (Fsp3) is 0.400. The predicted octanol–water partition coefficient (Wildman–Crippen LogP) is -0.700. The molecule has 0 atom stereocenters. The molecule has 122 valence electrons. The lowest BCUT2D eigenvalue weighted by molar-refractivity contribution is -0.384. The number of hydrogen-bond acceptors (Lipinski definition) is 8. The van der Waals surface area contributed by atoms with Crippen LogP contribution in [0.2, 0.25) is 0 Å². The third-order valence-electron chi connectivity index (χ3n) is 3.12. The Labute approximate surface area is 127 Å². The number of benzene rings is 1. The van der Waals surface area contributed by atoms with Gasteiger partial charge in [0.05, 0.1) is 21.3 Å². The van der Waals surface area contributed by atoms with Crippen LogP contribution in [0, 0.1) is 10.1 Å². The van der Waals surface area contributed by atoms with Gasteiger partial charge in [0.15, 0.2) is 9.84 Å². The highest BCUT2D eigenvalue weighted by molar-refractivity contribution is 7.91. The predicted molar refractivity (Wildman–Crippen MR) is 78.3 cm³/mol. The Balaban J connectivity index is 2.26. The number of nitrogens with zero attached hydrogens (tertiary/aromatic N) is 2. The van der Waals surface area contributed by atoms with Crippen molar-refractivity contribution in [2.75, 3.05) is 30.0 Å². The zero-order valence-electron chi connectivity index (χ0n) is 11.3. The Morgan fingerprint density at radius 3 is 2.36 bits per heavy atom. The van der Waals surface area contributed by atoms with E-state index in [1.54, 1.807) is 0 Å². The molecular weight excluding hydrogens is 336 g/mol. The Morgan fingerprint density at radius 2 is 1.86 bits per heavy atom. The third kappa shape index (κ3) is 3.91. The number of nitro benzene ring substituents is 1. The number of primary sulfonamides is 1. The van der Waals surface area contributed by atoms with Crippen molar-refractivity contribution in [1.29, 1.82) is 0 Å². The molecule has 0 spiro atoms. The summed E-state index contributed by atoms with van der Waals surface area (Å²) in [7, 11) is -7.12. The fourth-order valence-electron chi connectivity index (χ4n) is 1.93. The van der Waals surface area contributed by atoms with Crippen LogP contribution in [-0.2, 0) is 19.9 Å². The summed E-state index contributed by atoms with van der Waals surface area (Å²) in [6.07, 6.45) is 0. The Hall–Kier alpha value is -1.76. The zero-order chi connectivity index (χ0) is 16.5. The first-order chi connectivity index (χ1) is 10.1. The minimum absolute atomic E-state index is 0.0525. The van der Waals surface area contributed by atoms with Crippen molar-refractivity contribution in [2.24, 2.45) is 5.14 Å². The molecular formula is C10H14N4O6S2. The molecule has 12 heteroatoms. The molecule has 1 heterocycles. The van der Waals surface area contributed by atoms with Crippen LogP contribution in [0.1, 0.15) is 0 Å². The molecule has 0 bridgehead atoms. The highest BCUT2D eigenvalue weighted by Crippen LogP contribution is 2.27. The van der Waals surface area contributed by atoms with Gasteiger partial charge in [-0.3, -0.25) is 10.1 Å². The van der Waals surface area contributed by atoms with Crippen LogP contribution in [0.5, 0.6) is 0 Å². The summed E-state index contributed by atoms with van der Waals surface area (Å²) in [6.45, 7) is 0.354. The first-order valence-electron chi connectivity index (χ1n) is 6.12. The summed E-state index contributed by atoms with van der Waals surface area (Å²) >= 11 is 0. The van der Waals surface area contributed by atoms with Crippen molar-refractivity contribution >= 4 is 31.2 Å². The molecule has 1 aromatic carbocycles. The molecule has 0 saturated carbocycles. The number of hydrogen-bond donors (Lipinski definition) is 2. The molecule has 3 N–H and O–H groups in total. The molecule has 1 aromatic rings. The maximum Gasteiger partial charge on any atom is 0.295 e. The van der Waals surface area contributed by atoms with E-state index in [4.69, 9.17) is 5.14 Å². The molecule has 0 aromatic heterocycles. The van der Waals surface area contributed by atoms with Crippen molar-refractivity contribution in [3.05, 3.63) is 28.3 Å². The van der Waals surface area contributed by atoms with Crippen LogP contribution in [0.15, 0.2) is 23.1 Å².